The van der Waals surface area contributed by atoms with Crippen LogP contribution in [0, 0.1) is 0 Å². The number of H-pyrrole nitrogens is 1. The summed E-state index contributed by atoms with van der Waals surface area (Å²) in [6, 6.07) is 11.7. The maximum absolute atomic E-state index is 12.6. The van der Waals surface area contributed by atoms with Crippen molar-refractivity contribution in [1.82, 2.24) is 25.3 Å². The number of aromatic nitrogens is 4. The summed E-state index contributed by atoms with van der Waals surface area (Å²) in [6.07, 6.45) is 5.89. The highest BCUT2D eigenvalue weighted by molar-refractivity contribution is 5.93. The number of rotatable bonds is 4. The molecule has 3 heterocycles. The molecule has 2 aromatic heterocycles. The highest BCUT2D eigenvalue weighted by Gasteiger charge is 2.23. The first kappa shape index (κ1) is 16.4. The summed E-state index contributed by atoms with van der Waals surface area (Å²) >= 11 is 0. The molecular formula is C19H22N6O. The van der Waals surface area contributed by atoms with Crippen LogP contribution in [0.5, 0.6) is 0 Å². The lowest BCUT2D eigenvalue weighted by Gasteiger charge is -2.33. The molecule has 4 rings (SSSR count). The van der Waals surface area contributed by atoms with Crippen LogP contribution in [-0.2, 0) is 7.05 Å². The molecule has 0 unspecified atom stereocenters. The van der Waals surface area contributed by atoms with E-state index >= 15 is 0 Å². The van der Waals surface area contributed by atoms with Gasteiger partial charge < -0.3 is 10.2 Å². The number of carbonyl (C=O) groups excluding carboxylic acids is 1. The Labute approximate surface area is 152 Å². The molecule has 1 atom stereocenters. The van der Waals surface area contributed by atoms with Crippen LogP contribution >= 0.6 is 0 Å². The molecule has 7 heteroatoms. The molecule has 1 aromatic carbocycles. The molecule has 1 saturated heterocycles. The van der Waals surface area contributed by atoms with Crippen LogP contribution in [-0.4, -0.2) is 45.0 Å². The van der Waals surface area contributed by atoms with Crippen molar-refractivity contribution in [1.29, 1.82) is 0 Å². The fraction of sp³-hybridized carbons (Fsp3) is 0.316. The maximum atomic E-state index is 12.6. The largest absolute Gasteiger partial charge is 0.367 e. The van der Waals surface area contributed by atoms with E-state index in [9.17, 15) is 4.79 Å². The Morgan fingerprint density at radius 3 is 2.92 bits per heavy atom. The molecule has 1 amide bonds. The molecule has 0 radical (unpaired) electrons. The average molecular weight is 350 g/mol. The lowest BCUT2D eigenvalue weighted by molar-refractivity contribution is 0.0928. The van der Waals surface area contributed by atoms with Crippen LogP contribution in [0.2, 0.25) is 0 Å². The zero-order valence-electron chi connectivity index (χ0n) is 14.7. The second kappa shape index (κ2) is 7.03. The van der Waals surface area contributed by atoms with Gasteiger partial charge in [-0.3, -0.25) is 14.6 Å². The van der Waals surface area contributed by atoms with E-state index in [0.717, 1.165) is 42.9 Å². The van der Waals surface area contributed by atoms with Gasteiger partial charge in [-0.2, -0.15) is 10.2 Å². The molecule has 1 aliphatic rings. The minimum absolute atomic E-state index is 0.111. The Bertz CT molecular complexity index is 884. The van der Waals surface area contributed by atoms with E-state index in [-0.39, 0.29) is 11.9 Å². The number of aryl methyl sites for hydroxylation is 1. The van der Waals surface area contributed by atoms with Gasteiger partial charge in [0.15, 0.2) is 0 Å². The number of benzene rings is 1. The number of anilines is 1. The van der Waals surface area contributed by atoms with Crippen LogP contribution in [0.15, 0.2) is 48.8 Å². The zero-order valence-corrected chi connectivity index (χ0v) is 14.7. The molecule has 134 valence electrons. The first-order valence-electron chi connectivity index (χ1n) is 8.84. The third kappa shape index (κ3) is 3.46. The predicted molar refractivity (Wildman–Crippen MR) is 99.9 cm³/mol. The third-order valence-corrected chi connectivity index (χ3v) is 4.71. The second-order valence-corrected chi connectivity index (χ2v) is 6.66. The number of carbonyl (C=O) groups is 1. The summed E-state index contributed by atoms with van der Waals surface area (Å²) in [5.41, 5.74) is 3.35. The van der Waals surface area contributed by atoms with Gasteiger partial charge in [0.25, 0.3) is 5.91 Å². The van der Waals surface area contributed by atoms with Crippen LogP contribution < -0.4 is 10.2 Å². The SMILES string of the molecule is Cn1cc(N2CCC[C@H](NC(=O)c3cc(-c4ccccc4)n[nH]3)C2)cn1. The molecule has 1 aliphatic heterocycles. The van der Waals surface area contributed by atoms with E-state index in [1.54, 1.807) is 10.7 Å². The highest BCUT2D eigenvalue weighted by atomic mass is 16.2. The summed E-state index contributed by atoms with van der Waals surface area (Å²) < 4.78 is 1.80. The second-order valence-electron chi connectivity index (χ2n) is 6.66. The number of aromatic amines is 1. The van der Waals surface area contributed by atoms with Crippen molar-refractivity contribution in [3.63, 3.8) is 0 Å². The third-order valence-electron chi connectivity index (χ3n) is 4.71. The van der Waals surface area contributed by atoms with Crippen molar-refractivity contribution in [2.75, 3.05) is 18.0 Å². The van der Waals surface area contributed by atoms with E-state index in [2.05, 4.69) is 25.5 Å². The number of nitrogens with one attached hydrogen (secondary N) is 2. The van der Waals surface area contributed by atoms with Gasteiger partial charge in [0.1, 0.15) is 5.69 Å². The van der Waals surface area contributed by atoms with E-state index in [0.29, 0.717) is 5.69 Å². The van der Waals surface area contributed by atoms with Gasteiger partial charge in [0.05, 0.1) is 17.6 Å². The Kier molecular flexibility index (Phi) is 4.43. The number of nitrogens with zero attached hydrogens (tertiary/aromatic N) is 4. The molecule has 0 aliphatic carbocycles. The van der Waals surface area contributed by atoms with Gasteiger partial charge in [-0.05, 0) is 18.9 Å². The molecule has 1 fully saturated rings. The van der Waals surface area contributed by atoms with Crippen molar-refractivity contribution in [2.24, 2.45) is 7.05 Å². The number of piperidine rings is 1. The Balaban J connectivity index is 1.41. The number of hydrogen-bond acceptors (Lipinski definition) is 4. The van der Waals surface area contributed by atoms with Crippen molar-refractivity contribution < 1.29 is 4.79 Å². The summed E-state index contributed by atoms with van der Waals surface area (Å²) in [6.45, 7) is 1.78. The molecule has 7 nitrogen and oxygen atoms in total. The predicted octanol–water partition coefficient (Wildman–Crippen LogP) is 2.21. The zero-order chi connectivity index (χ0) is 17.9. The first-order valence-corrected chi connectivity index (χ1v) is 8.84. The standard InChI is InChI=1S/C19H22N6O/c1-24-13-16(11-20-24)25-9-5-8-15(12-25)21-19(26)18-10-17(22-23-18)14-6-3-2-4-7-14/h2-4,6-7,10-11,13,15H,5,8-9,12H2,1H3,(H,21,26)(H,22,23)/t15-/m0/s1. The maximum Gasteiger partial charge on any atom is 0.269 e. The smallest absolute Gasteiger partial charge is 0.269 e. The molecule has 26 heavy (non-hydrogen) atoms. The first-order chi connectivity index (χ1) is 12.7. The quantitative estimate of drug-likeness (QED) is 0.756. The van der Waals surface area contributed by atoms with Crippen molar-refractivity contribution >= 4 is 11.6 Å². The minimum atomic E-state index is -0.113. The lowest BCUT2D eigenvalue weighted by Crippen LogP contribution is -2.47. The summed E-state index contributed by atoms with van der Waals surface area (Å²) in [4.78, 5) is 14.9. The summed E-state index contributed by atoms with van der Waals surface area (Å²) in [5, 5.41) is 14.5. The van der Waals surface area contributed by atoms with Gasteiger partial charge in [-0.1, -0.05) is 30.3 Å². The Morgan fingerprint density at radius 1 is 1.31 bits per heavy atom. The van der Waals surface area contributed by atoms with Crippen LogP contribution in [0.25, 0.3) is 11.3 Å². The van der Waals surface area contributed by atoms with E-state index < -0.39 is 0 Å². The van der Waals surface area contributed by atoms with Gasteiger partial charge in [0, 0.05) is 37.9 Å². The molecule has 0 bridgehead atoms. The summed E-state index contributed by atoms with van der Waals surface area (Å²) in [7, 11) is 1.91. The van der Waals surface area contributed by atoms with E-state index in [1.165, 1.54) is 0 Å². The monoisotopic (exact) mass is 350 g/mol. The van der Waals surface area contributed by atoms with E-state index in [4.69, 9.17) is 0 Å². The van der Waals surface area contributed by atoms with Gasteiger partial charge in [0.2, 0.25) is 0 Å². The topological polar surface area (TPSA) is 78.8 Å². The summed E-state index contributed by atoms with van der Waals surface area (Å²) in [5.74, 6) is -0.113. The molecule has 2 N–H and O–H groups in total. The van der Waals surface area contributed by atoms with Crippen molar-refractivity contribution in [3.8, 4) is 11.3 Å². The Hall–Kier alpha value is -3.09. The molecule has 3 aromatic rings. The van der Waals surface area contributed by atoms with Gasteiger partial charge in [-0.25, -0.2) is 0 Å². The molecule has 0 spiro atoms. The lowest BCUT2D eigenvalue weighted by atomic mass is 10.1. The van der Waals surface area contributed by atoms with Gasteiger partial charge in [-0.15, -0.1) is 0 Å². The van der Waals surface area contributed by atoms with Crippen LogP contribution in [0.1, 0.15) is 23.3 Å². The molecular weight excluding hydrogens is 328 g/mol. The van der Waals surface area contributed by atoms with Crippen LogP contribution in [0.3, 0.4) is 0 Å². The normalized spacial score (nSPS) is 17.3. The minimum Gasteiger partial charge on any atom is -0.367 e. The van der Waals surface area contributed by atoms with E-state index in [1.807, 2.05) is 49.8 Å². The number of amides is 1. The van der Waals surface area contributed by atoms with Crippen molar-refractivity contribution in [3.05, 3.63) is 54.5 Å². The fourth-order valence-electron chi connectivity index (χ4n) is 3.36. The van der Waals surface area contributed by atoms with Crippen molar-refractivity contribution in [2.45, 2.75) is 18.9 Å². The average Bonchev–Trinajstić information content (AvgIpc) is 3.32. The van der Waals surface area contributed by atoms with Crippen LogP contribution in [0.4, 0.5) is 5.69 Å². The van der Waals surface area contributed by atoms with Gasteiger partial charge >= 0.3 is 0 Å². The highest BCUT2D eigenvalue weighted by Crippen LogP contribution is 2.20. The number of hydrogen-bond donors (Lipinski definition) is 2. The Morgan fingerprint density at radius 2 is 2.15 bits per heavy atom. The fourth-order valence-corrected chi connectivity index (χ4v) is 3.36. The molecule has 0 saturated carbocycles.